The van der Waals surface area contributed by atoms with Gasteiger partial charge < -0.3 is 15.8 Å². The predicted molar refractivity (Wildman–Crippen MR) is 64.3 cm³/mol. The van der Waals surface area contributed by atoms with E-state index in [-0.39, 0.29) is 17.6 Å². The Morgan fingerprint density at radius 1 is 1.50 bits per heavy atom. The van der Waals surface area contributed by atoms with Gasteiger partial charge in [-0.15, -0.1) is 0 Å². The molecule has 0 fully saturated rings. The van der Waals surface area contributed by atoms with Gasteiger partial charge in [0.25, 0.3) is 0 Å². The maximum Gasteiger partial charge on any atom is 0.165 e. The molecule has 0 aliphatic rings. The third kappa shape index (κ3) is 3.38. The molecule has 0 spiro atoms. The molecule has 0 aliphatic heterocycles. The molecule has 90 valence electrons. The summed E-state index contributed by atoms with van der Waals surface area (Å²) in [6, 6.07) is 4.95. The van der Waals surface area contributed by atoms with Gasteiger partial charge in [0.1, 0.15) is 0 Å². The van der Waals surface area contributed by atoms with E-state index in [1.165, 1.54) is 13.2 Å². The lowest BCUT2D eigenvalue weighted by Crippen LogP contribution is -2.28. The molecule has 16 heavy (non-hydrogen) atoms. The normalized spacial score (nSPS) is 12.2. The molecule has 0 amide bonds. The first kappa shape index (κ1) is 12.8. The lowest BCUT2D eigenvalue weighted by atomic mass is 10.1. The van der Waals surface area contributed by atoms with E-state index in [9.17, 15) is 4.39 Å². The third-order valence-corrected chi connectivity index (χ3v) is 2.44. The molecule has 0 aromatic heterocycles. The lowest BCUT2D eigenvalue weighted by molar-refractivity contribution is 0.386. The van der Waals surface area contributed by atoms with E-state index >= 15 is 0 Å². The minimum Gasteiger partial charge on any atom is -0.494 e. The van der Waals surface area contributed by atoms with E-state index in [1.54, 1.807) is 12.1 Å². The smallest absolute Gasteiger partial charge is 0.165 e. The van der Waals surface area contributed by atoms with Crippen molar-refractivity contribution in [2.45, 2.75) is 25.8 Å². The minimum absolute atomic E-state index is 0.222. The van der Waals surface area contributed by atoms with Gasteiger partial charge in [0.15, 0.2) is 11.6 Å². The maximum absolute atomic E-state index is 13.2. The quantitative estimate of drug-likeness (QED) is 0.783. The fraction of sp³-hybridized carbons (Fsp3) is 0.500. The molecule has 0 saturated heterocycles. The highest BCUT2D eigenvalue weighted by molar-refractivity contribution is 5.49. The van der Waals surface area contributed by atoms with E-state index in [2.05, 4.69) is 12.2 Å². The Hall–Kier alpha value is -1.29. The van der Waals surface area contributed by atoms with Crippen molar-refractivity contribution in [3.8, 4) is 5.75 Å². The molecule has 1 aromatic carbocycles. The van der Waals surface area contributed by atoms with Gasteiger partial charge >= 0.3 is 0 Å². The Morgan fingerprint density at radius 3 is 2.81 bits per heavy atom. The molecule has 1 unspecified atom stereocenters. The first-order valence-electron chi connectivity index (χ1n) is 5.51. The van der Waals surface area contributed by atoms with Crippen LogP contribution < -0.4 is 15.8 Å². The summed E-state index contributed by atoms with van der Waals surface area (Å²) in [6.45, 7) is 2.67. The van der Waals surface area contributed by atoms with Crippen LogP contribution in [0.25, 0.3) is 0 Å². The van der Waals surface area contributed by atoms with Crippen LogP contribution in [0.3, 0.4) is 0 Å². The zero-order valence-electron chi connectivity index (χ0n) is 9.79. The van der Waals surface area contributed by atoms with Crippen LogP contribution in [0.4, 0.5) is 10.1 Å². The highest BCUT2D eigenvalue weighted by Crippen LogP contribution is 2.22. The highest BCUT2D eigenvalue weighted by atomic mass is 19.1. The zero-order chi connectivity index (χ0) is 12.0. The molecule has 4 heteroatoms. The Balaban J connectivity index is 2.72. The second-order valence-corrected chi connectivity index (χ2v) is 3.71. The van der Waals surface area contributed by atoms with Gasteiger partial charge in [-0.2, -0.15) is 0 Å². The van der Waals surface area contributed by atoms with E-state index in [0.29, 0.717) is 6.54 Å². The Bertz CT molecular complexity index is 331. The first-order chi connectivity index (χ1) is 7.71. The summed E-state index contributed by atoms with van der Waals surface area (Å²) in [5.41, 5.74) is 6.47. The van der Waals surface area contributed by atoms with Crippen molar-refractivity contribution in [2.24, 2.45) is 5.73 Å². The zero-order valence-corrected chi connectivity index (χ0v) is 9.79. The molecule has 3 nitrogen and oxygen atoms in total. The van der Waals surface area contributed by atoms with E-state index in [0.717, 1.165) is 18.5 Å². The molecular weight excluding hydrogens is 207 g/mol. The number of methoxy groups -OCH3 is 1. The number of rotatable bonds is 6. The molecule has 0 saturated carbocycles. The molecular formula is C12H19FN2O. The van der Waals surface area contributed by atoms with Crippen LogP contribution in [0.5, 0.6) is 5.75 Å². The Labute approximate surface area is 95.8 Å². The lowest BCUT2D eigenvalue weighted by Gasteiger charge is -2.17. The monoisotopic (exact) mass is 226 g/mol. The predicted octanol–water partition coefficient (Wildman–Crippen LogP) is 2.37. The van der Waals surface area contributed by atoms with Crippen LogP contribution in [0.1, 0.15) is 19.8 Å². The van der Waals surface area contributed by atoms with Gasteiger partial charge in [-0.05, 0) is 18.6 Å². The Kier molecular flexibility index (Phi) is 5.05. The van der Waals surface area contributed by atoms with Crippen LogP contribution in [-0.4, -0.2) is 19.7 Å². The van der Waals surface area contributed by atoms with Crippen LogP contribution in [0.2, 0.25) is 0 Å². The summed E-state index contributed by atoms with van der Waals surface area (Å²) in [5, 5.41) is 3.26. The topological polar surface area (TPSA) is 47.3 Å². The minimum atomic E-state index is -0.354. The van der Waals surface area contributed by atoms with Gasteiger partial charge in [-0.25, -0.2) is 4.39 Å². The number of hydrogen-bond acceptors (Lipinski definition) is 3. The van der Waals surface area contributed by atoms with E-state index in [4.69, 9.17) is 10.5 Å². The molecule has 0 heterocycles. The van der Waals surface area contributed by atoms with Crippen molar-refractivity contribution in [3.63, 3.8) is 0 Å². The molecule has 0 aliphatic carbocycles. The number of nitrogens with two attached hydrogens (primary N) is 1. The van der Waals surface area contributed by atoms with Crippen molar-refractivity contribution in [1.29, 1.82) is 0 Å². The molecule has 1 atom stereocenters. The number of halogens is 1. The van der Waals surface area contributed by atoms with Gasteiger partial charge in [0, 0.05) is 24.3 Å². The van der Waals surface area contributed by atoms with Crippen LogP contribution in [0.15, 0.2) is 18.2 Å². The van der Waals surface area contributed by atoms with Crippen molar-refractivity contribution < 1.29 is 9.13 Å². The van der Waals surface area contributed by atoms with Crippen LogP contribution in [0, 0.1) is 5.82 Å². The summed E-state index contributed by atoms with van der Waals surface area (Å²) >= 11 is 0. The number of nitrogens with one attached hydrogen (secondary N) is 1. The fourth-order valence-electron chi connectivity index (χ4n) is 1.58. The molecule has 1 aromatic rings. The van der Waals surface area contributed by atoms with E-state index in [1.807, 2.05) is 0 Å². The fourth-order valence-corrected chi connectivity index (χ4v) is 1.58. The van der Waals surface area contributed by atoms with Crippen LogP contribution >= 0.6 is 0 Å². The number of benzene rings is 1. The van der Waals surface area contributed by atoms with E-state index < -0.39 is 0 Å². The maximum atomic E-state index is 13.2. The molecule has 3 N–H and O–H groups in total. The first-order valence-corrected chi connectivity index (χ1v) is 5.51. The average Bonchev–Trinajstić information content (AvgIpc) is 2.30. The van der Waals surface area contributed by atoms with Crippen molar-refractivity contribution in [2.75, 3.05) is 19.0 Å². The summed E-state index contributed by atoms with van der Waals surface area (Å²) in [5.74, 6) is -0.106. The van der Waals surface area contributed by atoms with Gasteiger partial charge in [-0.1, -0.05) is 13.3 Å². The summed E-state index contributed by atoms with van der Waals surface area (Å²) in [4.78, 5) is 0. The summed E-state index contributed by atoms with van der Waals surface area (Å²) in [7, 11) is 1.45. The van der Waals surface area contributed by atoms with Gasteiger partial charge in [-0.3, -0.25) is 0 Å². The third-order valence-electron chi connectivity index (χ3n) is 2.44. The standard InChI is InChI=1S/C12H19FN2O/c1-3-4-10(8-14)15-9-5-6-11(13)12(7-9)16-2/h5-7,10,15H,3-4,8,14H2,1-2H3. The number of anilines is 1. The van der Waals surface area contributed by atoms with Gasteiger partial charge in [0.2, 0.25) is 0 Å². The molecule has 0 radical (unpaired) electrons. The average molecular weight is 226 g/mol. The van der Waals surface area contributed by atoms with Gasteiger partial charge in [0.05, 0.1) is 7.11 Å². The van der Waals surface area contributed by atoms with Crippen molar-refractivity contribution in [3.05, 3.63) is 24.0 Å². The Morgan fingerprint density at radius 2 is 2.25 bits per heavy atom. The number of hydrogen-bond donors (Lipinski definition) is 2. The summed E-state index contributed by atoms with van der Waals surface area (Å²) in [6.07, 6.45) is 2.06. The van der Waals surface area contributed by atoms with Crippen LogP contribution in [-0.2, 0) is 0 Å². The second-order valence-electron chi connectivity index (χ2n) is 3.71. The van der Waals surface area contributed by atoms with Crippen molar-refractivity contribution in [1.82, 2.24) is 0 Å². The molecule has 1 rings (SSSR count). The summed E-state index contributed by atoms with van der Waals surface area (Å²) < 4.78 is 18.1. The number of ether oxygens (including phenoxy) is 1. The molecule has 0 bridgehead atoms. The largest absolute Gasteiger partial charge is 0.494 e. The highest BCUT2D eigenvalue weighted by Gasteiger charge is 2.07. The second kappa shape index (κ2) is 6.33. The SMILES string of the molecule is CCCC(CN)Nc1ccc(F)c(OC)c1. The van der Waals surface area contributed by atoms with Crippen molar-refractivity contribution >= 4 is 5.69 Å².